The smallest absolute Gasteiger partial charge is 0.338 e. The molecule has 0 amide bonds. The van der Waals surface area contributed by atoms with Crippen LogP contribution in [-0.2, 0) is 9.53 Å². The number of hydrogen-bond donors (Lipinski definition) is 0. The Balaban J connectivity index is 1.84. The van der Waals surface area contributed by atoms with Gasteiger partial charge < -0.3 is 9.47 Å². The van der Waals surface area contributed by atoms with E-state index in [1.807, 2.05) is 42.5 Å². The van der Waals surface area contributed by atoms with Crippen molar-refractivity contribution in [2.24, 2.45) is 4.99 Å². The number of thiazole rings is 1. The predicted molar refractivity (Wildman–Crippen MR) is 134 cm³/mol. The molecule has 34 heavy (non-hydrogen) atoms. The first-order valence-corrected chi connectivity index (χ1v) is 11.9. The fraction of sp³-hybridized carbons (Fsp3) is 0.192. The van der Waals surface area contributed by atoms with Crippen molar-refractivity contribution < 1.29 is 14.3 Å². The second kappa shape index (κ2) is 10.2. The number of esters is 1. The Morgan fingerprint density at radius 3 is 2.56 bits per heavy atom. The number of hydrogen-bond acceptors (Lipinski definition) is 6. The molecule has 174 valence electrons. The van der Waals surface area contributed by atoms with Gasteiger partial charge in [0, 0.05) is 5.02 Å². The molecule has 0 fully saturated rings. The van der Waals surface area contributed by atoms with E-state index in [4.69, 9.17) is 21.1 Å². The second-order valence-corrected chi connectivity index (χ2v) is 8.97. The first kappa shape index (κ1) is 23.7. The third-order valence-corrected chi connectivity index (χ3v) is 6.48. The van der Waals surface area contributed by atoms with Crippen LogP contribution in [0.2, 0.25) is 5.02 Å². The summed E-state index contributed by atoms with van der Waals surface area (Å²) in [5, 5.41) is 0.565. The molecule has 2 heterocycles. The summed E-state index contributed by atoms with van der Waals surface area (Å²) in [6.07, 6.45) is 3.49. The van der Waals surface area contributed by atoms with Crippen LogP contribution in [0.15, 0.2) is 82.2 Å². The van der Waals surface area contributed by atoms with Crippen LogP contribution in [0.25, 0.3) is 6.08 Å². The highest BCUT2D eigenvalue weighted by Crippen LogP contribution is 2.31. The van der Waals surface area contributed by atoms with Crippen molar-refractivity contribution in [2.45, 2.75) is 19.9 Å². The summed E-state index contributed by atoms with van der Waals surface area (Å²) in [5.74, 6) is 0.226. The molecule has 2 aromatic carbocycles. The number of aromatic nitrogens is 1. The van der Waals surface area contributed by atoms with Crippen LogP contribution < -0.4 is 19.6 Å². The van der Waals surface area contributed by atoms with Gasteiger partial charge in [-0.05, 0) is 55.3 Å². The maximum atomic E-state index is 13.6. The lowest BCUT2D eigenvalue weighted by molar-refractivity contribution is -0.139. The normalized spacial score (nSPS) is 15.5. The average molecular weight is 495 g/mol. The number of halogens is 1. The van der Waals surface area contributed by atoms with E-state index in [1.54, 1.807) is 36.6 Å². The summed E-state index contributed by atoms with van der Waals surface area (Å²) >= 11 is 7.36. The van der Waals surface area contributed by atoms with E-state index in [1.165, 1.54) is 11.3 Å². The highest BCUT2D eigenvalue weighted by atomic mass is 35.5. The monoisotopic (exact) mass is 494 g/mol. The van der Waals surface area contributed by atoms with Crippen molar-refractivity contribution in [1.82, 2.24) is 4.57 Å². The number of nitrogens with zero attached hydrogens (tertiary/aromatic N) is 2. The van der Waals surface area contributed by atoms with Crippen LogP contribution in [0.4, 0.5) is 0 Å². The largest absolute Gasteiger partial charge is 0.490 e. The van der Waals surface area contributed by atoms with Gasteiger partial charge in [0.1, 0.15) is 12.4 Å². The molecule has 4 rings (SSSR count). The van der Waals surface area contributed by atoms with Crippen LogP contribution in [0.1, 0.15) is 31.0 Å². The zero-order valence-electron chi connectivity index (χ0n) is 18.8. The number of carbonyl (C=O) groups excluding carboxylic acids is 1. The highest BCUT2D eigenvalue weighted by Gasteiger charge is 2.33. The minimum atomic E-state index is -0.663. The molecule has 0 saturated heterocycles. The van der Waals surface area contributed by atoms with Gasteiger partial charge in [-0.1, -0.05) is 59.9 Å². The molecule has 1 aliphatic rings. The highest BCUT2D eigenvalue weighted by molar-refractivity contribution is 7.07. The van der Waals surface area contributed by atoms with Crippen molar-refractivity contribution in [3.8, 4) is 5.75 Å². The van der Waals surface area contributed by atoms with Crippen molar-refractivity contribution in [2.75, 3.05) is 13.2 Å². The SMILES string of the molecule is C=CCOc1ccc(/C=c2/sc3n(c2=O)[C@@H](c2ccc(Cl)cc2)C(C(=O)OCC)=C(C)N=3)cc1. The lowest BCUT2D eigenvalue weighted by Gasteiger charge is -2.24. The molecule has 8 heteroatoms. The second-order valence-electron chi connectivity index (χ2n) is 7.52. The Labute approximate surface area is 205 Å². The molecule has 0 aliphatic carbocycles. The number of allylic oxidation sites excluding steroid dienone is 1. The Hall–Kier alpha value is -3.42. The van der Waals surface area contributed by atoms with Crippen molar-refractivity contribution in [1.29, 1.82) is 0 Å². The molecule has 0 spiro atoms. The minimum absolute atomic E-state index is 0.222. The van der Waals surface area contributed by atoms with Crippen LogP contribution in [-0.4, -0.2) is 23.8 Å². The molecule has 1 atom stereocenters. The molecule has 0 radical (unpaired) electrons. The Kier molecular flexibility index (Phi) is 7.14. The average Bonchev–Trinajstić information content (AvgIpc) is 3.12. The van der Waals surface area contributed by atoms with Gasteiger partial charge in [0.2, 0.25) is 0 Å². The van der Waals surface area contributed by atoms with Gasteiger partial charge >= 0.3 is 5.97 Å². The van der Waals surface area contributed by atoms with Gasteiger partial charge in [-0.15, -0.1) is 0 Å². The Bertz CT molecular complexity index is 1430. The van der Waals surface area contributed by atoms with Gasteiger partial charge in [-0.3, -0.25) is 9.36 Å². The molecule has 1 aliphatic heterocycles. The number of rotatable bonds is 7. The van der Waals surface area contributed by atoms with Gasteiger partial charge in [0.25, 0.3) is 5.56 Å². The van der Waals surface area contributed by atoms with Crippen molar-refractivity contribution in [3.63, 3.8) is 0 Å². The molecule has 3 aromatic rings. The molecule has 1 aromatic heterocycles. The summed E-state index contributed by atoms with van der Waals surface area (Å²) in [7, 11) is 0. The molecule has 6 nitrogen and oxygen atoms in total. The predicted octanol–water partition coefficient (Wildman–Crippen LogP) is 4.02. The van der Waals surface area contributed by atoms with E-state index >= 15 is 0 Å². The molecule has 0 saturated carbocycles. The molecule has 0 unspecified atom stereocenters. The van der Waals surface area contributed by atoms with E-state index in [2.05, 4.69) is 11.6 Å². The van der Waals surface area contributed by atoms with Crippen molar-refractivity contribution >= 4 is 35.0 Å². The van der Waals surface area contributed by atoms with Crippen LogP contribution in [0, 0.1) is 0 Å². The molecular formula is C26H23ClN2O4S. The Morgan fingerprint density at radius 2 is 1.91 bits per heavy atom. The topological polar surface area (TPSA) is 69.9 Å². The van der Waals surface area contributed by atoms with E-state index < -0.39 is 12.0 Å². The van der Waals surface area contributed by atoms with Crippen LogP contribution in [0.5, 0.6) is 5.75 Å². The number of benzene rings is 2. The fourth-order valence-corrected chi connectivity index (χ4v) is 4.89. The third-order valence-electron chi connectivity index (χ3n) is 5.25. The molecule has 0 N–H and O–H groups in total. The minimum Gasteiger partial charge on any atom is -0.490 e. The number of carbonyl (C=O) groups is 1. The fourth-order valence-electron chi connectivity index (χ4n) is 3.72. The standard InChI is InChI=1S/C26H23ClN2O4S/c1-4-14-33-20-12-6-17(7-13-20)15-21-24(30)29-23(18-8-10-19(27)11-9-18)22(25(31)32-5-2)16(3)28-26(29)34-21/h4,6-13,15,23H,1,5,14H2,2-3H3/b21-15+/t23-/m0/s1. The van der Waals surface area contributed by atoms with E-state index in [0.717, 1.165) is 16.9 Å². The van der Waals surface area contributed by atoms with E-state index in [-0.39, 0.29) is 12.2 Å². The maximum Gasteiger partial charge on any atom is 0.338 e. The summed E-state index contributed by atoms with van der Waals surface area (Å²) in [6.45, 7) is 7.79. The lowest BCUT2D eigenvalue weighted by atomic mass is 9.96. The van der Waals surface area contributed by atoms with E-state index in [0.29, 0.717) is 32.2 Å². The van der Waals surface area contributed by atoms with Crippen molar-refractivity contribution in [3.05, 3.63) is 108 Å². The summed E-state index contributed by atoms with van der Waals surface area (Å²) in [6, 6.07) is 13.9. The number of fused-ring (bicyclic) bond motifs is 1. The van der Waals surface area contributed by atoms with Crippen LogP contribution >= 0.6 is 22.9 Å². The first-order chi connectivity index (χ1) is 16.4. The third kappa shape index (κ3) is 4.76. The molecular weight excluding hydrogens is 472 g/mol. The maximum absolute atomic E-state index is 13.6. The molecule has 0 bridgehead atoms. The number of ether oxygens (including phenoxy) is 2. The van der Waals surface area contributed by atoms with Gasteiger partial charge in [0.15, 0.2) is 4.80 Å². The van der Waals surface area contributed by atoms with Gasteiger partial charge in [-0.25, -0.2) is 9.79 Å². The van der Waals surface area contributed by atoms with Gasteiger partial charge in [-0.2, -0.15) is 0 Å². The van der Waals surface area contributed by atoms with E-state index in [9.17, 15) is 9.59 Å². The zero-order valence-corrected chi connectivity index (χ0v) is 20.4. The lowest BCUT2D eigenvalue weighted by Crippen LogP contribution is -2.39. The van der Waals surface area contributed by atoms with Gasteiger partial charge in [0.05, 0.1) is 28.5 Å². The Morgan fingerprint density at radius 1 is 1.21 bits per heavy atom. The summed E-state index contributed by atoms with van der Waals surface area (Å²) in [4.78, 5) is 31.5. The first-order valence-electron chi connectivity index (χ1n) is 10.7. The summed E-state index contributed by atoms with van der Waals surface area (Å²) < 4.78 is 12.9. The summed E-state index contributed by atoms with van der Waals surface area (Å²) in [5.41, 5.74) is 2.23. The quantitative estimate of drug-likeness (QED) is 0.367. The van der Waals surface area contributed by atoms with Crippen LogP contribution in [0.3, 0.4) is 0 Å². The zero-order chi connectivity index (χ0) is 24.2.